The van der Waals surface area contributed by atoms with Crippen molar-refractivity contribution in [3.63, 3.8) is 0 Å². The van der Waals surface area contributed by atoms with Crippen molar-refractivity contribution in [3.05, 3.63) is 76.6 Å². The molecule has 4 heteroatoms. The summed E-state index contributed by atoms with van der Waals surface area (Å²) < 4.78 is 1.57. The lowest BCUT2D eigenvalue weighted by molar-refractivity contribution is 0.906. The Kier molecular flexibility index (Phi) is 3.14. The first-order valence-electron chi connectivity index (χ1n) is 7.58. The van der Waals surface area contributed by atoms with Crippen LogP contribution in [0.3, 0.4) is 0 Å². The number of pyridine rings is 2. The lowest BCUT2D eigenvalue weighted by Crippen LogP contribution is -2.21. The Bertz CT molecular complexity index is 1200. The molecular formula is C20H13N3O. The largest absolute Gasteiger partial charge is 0.311 e. The van der Waals surface area contributed by atoms with Gasteiger partial charge in [-0.05, 0) is 18.2 Å². The van der Waals surface area contributed by atoms with Gasteiger partial charge in [-0.1, -0.05) is 42.5 Å². The highest BCUT2D eigenvalue weighted by atomic mass is 16.1. The number of nitriles is 1. The van der Waals surface area contributed by atoms with E-state index in [9.17, 15) is 10.1 Å². The number of fused-ring (bicyclic) bond motifs is 2. The zero-order chi connectivity index (χ0) is 16.7. The van der Waals surface area contributed by atoms with Gasteiger partial charge in [0, 0.05) is 17.8 Å². The molecule has 0 fully saturated rings. The van der Waals surface area contributed by atoms with Crippen LogP contribution in [-0.2, 0) is 7.05 Å². The van der Waals surface area contributed by atoms with Crippen LogP contribution in [-0.4, -0.2) is 9.55 Å². The lowest BCUT2D eigenvalue weighted by Gasteiger charge is -2.11. The second-order valence-electron chi connectivity index (χ2n) is 5.63. The molecule has 4 rings (SSSR count). The maximum absolute atomic E-state index is 12.9. The van der Waals surface area contributed by atoms with Gasteiger partial charge >= 0.3 is 0 Å². The summed E-state index contributed by atoms with van der Waals surface area (Å²) in [5, 5.41) is 11.4. The summed E-state index contributed by atoms with van der Waals surface area (Å²) in [5.41, 5.74) is 2.57. The predicted molar refractivity (Wildman–Crippen MR) is 94.6 cm³/mol. The highest BCUT2D eigenvalue weighted by Gasteiger charge is 2.17. The molecule has 24 heavy (non-hydrogen) atoms. The summed E-state index contributed by atoms with van der Waals surface area (Å²) in [7, 11) is 1.72. The molecule has 0 radical (unpaired) electrons. The monoisotopic (exact) mass is 311 g/mol. The molecule has 0 unspecified atom stereocenters. The van der Waals surface area contributed by atoms with E-state index >= 15 is 0 Å². The summed E-state index contributed by atoms with van der Waals surface area (Å²) in [6, 6.07) is 21.1. The van der Waals surface area contributed by atoms with E-state index in [2.05, 4.69) is 11.1 Å². The van der Waals surface area contributed by atoms with Gasteiger partial charge in [-0.25, -0.2) is 4.98 Å². The minimum Gasteiger partial charge on any atom is -0.311 e. The SMILES string of the molecule is Cn1c(=O)c(-c2ccc3ccccc3n2)c(C#N)c2ccccc21. The lowest BCUT2D eigenvalue weighted by atomic mass is 10.0. The van der Waals surface area contributed by atoms with Crippen LogP contribution in [0.1, 0.15) is 5.56 Å². The van der Waals surface area contributed by atoms with E-state index in [1.807, 2.05) is 54.6 Å². The van der Waals surface area contributed by atoms with Crippen molar-refractivity contribution >= 4 is 21.8 Å². The third-order valence-electron chi connectivity index (χ3n) is 4.27. The van der Waals surface area contributed by atoms with Crippen molar-refractivity contribution in [2.24, 2.45) is 7.05 Å². The average molecular weight is 311 g/mol. The van der Waals surface area contributed by atoms with Gasteiger partial charge in [0.1, 0.15) is 6.07 Å². The van der Waals surface area contributed by atoms with Gasteiger partial charge in [0.15, 0.2) is 0 Å². The molecule has 0 saturated heterocycles. The number of nitrogens with zero attached hydrogens (tertiary/aromatic N) is 3. The zero-order valence-corrected chi connectivity index (χ0v) is 13.0. The molecule has 2 aromatic carbocycles. The fraction of sp³-hybridized carbons (Fsp3) is 0.0500. The van der Waals surface area contributed by atoms with E-state index in [4.69, 9.17) is 0 Å². The molecule has 114 valence electrons. The molecule has 0 bridgehead atoms. The normalized spacial score (nSPS) is 10.8. The minimum absolute atomic E-state index is 0.215. The third-order valence-corrected chi connectivity index (χ3v) is 4.27. The van der Waals surface area contributed by atoms with Gasteiger partial charge in [-0.3, -0.25) is 4.79 Å². The van der Waals surface area contributed by atoms with Gasteiger partial charge in [0.05, 0.1) is 27.9 Å². The van der Waals surface area contributed by atoms with E-state index in [1.165, 1.54) is 0 Å². The number of aromatic nitrogens is 2. The molecule has 0 saturated carbocycles. The van der Waals surface area contributed by atoms with Crippen LogP contribution < -0.4 is 5.56 Å². The summed E-state index contributed by atoms with van der Waals surface area (Å²) in [4.78, 5) is 17.5. The summed E-state index contributed by atoms with van der Waals surface area (Å²) in [5.74, 6) is 0. The number of rotatable bonds is 1. The number of benzene rings is 2. The second-order valence-corrected chi connectivity index (χ2v) is 5.63. The van der Waals surface area contributed by atoms with Gasteiger partial charge < -0.3 is 4.57 Å². The van der Waals surface area contributed by atoms with Crippen molar-refractivity contribution in [2.45, 2.75) is 0 Å². The topological polar surface area (TPSA) is 58.7 Å². The molecule has 4 aromatic rings. The van der Waals surface area contributed by atoms with Crippen molar-refractivity contribution < 1.29 is 0 Å². The number of hydrogen-bond acceptors (Lipinski definition) is 3. The predicted octanol–water partition coefficient (Wildman–Crippen LogP) is 3.63. The molecule has 4 nitrogen and oxygen atoms in total. The Morgan fingerprint density at radius 2 is 1.75 bits per heavy atom. The highest BCUT2D eigenvalue weighted by Crippen LogP contribution is 2.26. The van der Waals surface area contributed by atoms with Crippen molar-refractivity contribution in [1.29, 1.82) is 5.26 Å². The highest BCUT2D eigenvalue weighted by molar-refractivity contribution is 5.92. The molecular weight excluding hydrogens is 298 g/mol. The molecule has 0 amide bonds. The Labute approximate surface area is 138 Å². The van der Waals surface area contributed by atoms with Crippen molar-refractivity contribution in [3.8, 4) is 17.3 Å². The smallest absolute Gasteiger partial charge is 0.261 e. The number of aryl methyl sites for hydroxylation is 1. The standard InChI is InChI=1S/C20H13N3O/c1-23-18-9-5-3-7-14(18)15(12-21)19(20(23)24)17-11-10-13-6-2-4-8-16(13)22-17/h2-11H,1H3. The van der Waals surface area contributed by atoms with E-state index < -0.39 is 0 Å². The maximum Gasteiger partial charge on any atom is 0.261 e. The Morgan fingerprint density at radius 1 is 1.00 bits per heavy atom. The quantitative estimate of drug-likeness (QED) is 0.539. The van der Waals surface area contributed by atoms with Crippen LogP contribution in [0.15, 0.2) is 65.5 Å². The summed E-state index contributed by atoms with van der Waals surface area (Å²) in [6.07, 6.45) is 0. The van der Waals surface area contributed by atoms with Crippen molar-refractivity contribution in [2.75, 3.05) is 0 Å². The van der Waals surface area contributed by atoms with Crippen LogP contribution in [0.2, 0.25) is 0 Å². The Balaban J connectivity index is 2.14. The maximum atomic E-state index is 12.9. The van der Waals surface area contributed by atoms with Crippen LogP contribution >= 0.6 is 0 Å². The number of hydrogen-bond donors (Lipinski definition) is 0. The Morgan fingerprint density at radius 3 is 2.58 bits per heavy atom. The fourth-order valence-electron chi connectivity index (χ4n) is 3.06. The average Bonchev–Trinajstić information content (AvgIpc) is 2.64. The third kappa shape index (κ3) is 1.99. The van der Waals surface area contributed by atoms with E-state index in [-0.39, 0.29) is 5.56 Å². The van der Waals surface area contributed by atoms with Gasteiger partial charge in [0.2, 0.25) is 0 Å². The zero-order valence-electron chi connectivity index (χ0n) is 13.0. The molecule has 0 aliphatic carbocycles. The molecule has 2 heterocycles. The van der Waals surface area contributed by atoms with Crippen LogP contribution in [0.5, 0.6) is 0 Å². The van der Waals surface area contributed by atoms with E-state index in [0.717, 1.165) is 21.8 Å². The fourth-order valence-corrected chi connectivity index (χ4v) is 3.06. The van der Waals surface area contributed by atoms with E-state index in [0.29, 0.717) is 16.8 Å². The van der Waals surface area contributed by atoms with Gasteiger partial charge in [-0.2, -0.15) is 5.26 Å². The van der Waals surface area contributed by atoms with Crippen LogP contribution in [0.25, 0.3) is 33.1 Å². The van der Waals surface area contributed by atoms with Crippen LogP contribution in [0, 0.1) is 11.3 Å². The molecule has 0 aliphatic rings. The number of para-hydroxylation sites is 2. The molecule has 2 aromatic heterocycles. The van der Waals surface area contributed by atoms with Crippen LogP contribution in [0.4, 0.5) is 0 Å². The molecule has 0 aliphatic heterocycles. The van der Waals surface area contributed by atoms with Gasteiger partial charge in [-0.15, -0.1) is 0 Å². The van der Waals surface area contributed by atoms with Gasteiger partial charge in [0.25, 0.3) is 5.56 Å². The summed E-state index contributed by atoms with van der Waals surface area (Å²) in [6.45, 7) is 0. The molecule has 0 N–H and O–H groups in total. The first-order valence-corrected chi connectivity index (χ1v) is 7.58. The van der Waals surface area contributed by atoms with E-state index in [1.54, 1.807) is 17.7 Å². The minimum atomic E-state index is -0.215. The molecule has 0 spiro atoms. The van der Waals surface area contributed by atoms with Crippen molar-refractivity contribution in [1.82, 2.24) is 9.55 Å². The first kappa shape index (κ1) is 14.2. The molecule has 0 atom stereocenters. The summed E-state index contributed by atoms with van der Waals surface area (Å²) >= 11 is 0. The Hall–Kier alpha value is -3.45. The first-order chi connectivity index (χ1) is 11.7. The second kappa shape index (κ2) is 5.32.